The second-order valence-corrected chi connectivity index (χ2v) is 39.4. The predicted octanol–water partition coefficient (Wildman–Crippen LogP) is 16.9. The molecule has 3 heterocycles. The lowest BCUT2D eigenvalue weighted by atomic mass is 10.1. The molecule has 0 atom stereocenters. The largest absolute Gasteiger partial charge is 0.480 e. The number of anilines is 8. The second-order valence-electron chi connectivity index (χ2n) is 29.7. The number of benzene rings is 10. The first-order valence-electron chi connectivity index (χ1n) is 40.7. The van der Waals surface area contributed by atoms with Crippen molar-refractivity contribution in [1.29, 1.82) is 0 Å². The number of amides is 3. The smallest absolute Gasteiger partial charge is 0.326 e. The molecule has 0 spiro atoms. The number of aryl methyl sites for hydroxylation is 10. The van der Waals surface area contributed by atoms with Gasteiger partial charge in [0, 0.05) is 36.2 Å². The summed E-state index contributed by atoms with van der Waals surface area (Å²) in [6, 6.07) is 79.0. The maximum atomic E-state index is 13.4. The Kier molecular flexibility index (Phi) is 35.7. The van der Waals surface area contributed by atoms with Crippen molar-refractivity contribution in [2.45, 2.75) is 101 Å². The SMILES string of the molecule is CCOC(=O)CN(c1cc(C)ccc1C)S(=O)(=O)c1ccccc1.Cc1ccc(C)c(N(CC(=O)Nc2ccccn2)S(=O)(=O)c2ccccc2)c1.Cc1ccc(C)c(N(CC(=O)Nc2ccnc(Cl)c2)S(=O)(=O)c2ccccc2)c1.Cc1ccc(C)c(N(CC(=O)Nc2ccncc2)S(=O)(=O)c2ccccc2)c1.Cc1ccc(C)c(N(CC(=O)O)S(=O)(=O)c2ccccc2)c1. The number of aromatic nitrogens is 3. The number of ether oxygens (including phenoxy) is 1. The van der Waals surface area contributed by atoms with Crippen LogP contribution in [0.15, 0.2) is 334 Å². The number of rotatable bonds is 29. The number of hydrogen-bond acceptors (Lipinski definition) is 19. The van der Waals surface area contributed by atoms with Crippen molar-refractivity contribution in [3.05, 3.63) is 371 Å². The van der Waals surface area contributed by atoms with Crippen LogP contribution in [-0.2, 0) is 78.8 Å². The maximum absolute atomic E-state index is 13.4. The zero-order valence-electron chi connectivity index (χ0n) is 73.7. The third kappa shape index (κ3) is 28.0. The number of carbonyl (C=O) groups excluding carboxylic acids is 4. The third-order valence-corrected chi connectivity index (χ3v) is 28.5. The lowest BCUT2D eigenvalue weighted by Gasteiger charge is -2.26. The quantitative estimate of drug-likeness (QED) is 0.0250. The molecule has 0 saturated carbocycles. The molecular formula is C97H100ClN11O17S5. The van der Waals surface area contributed by atoms with E-state index in [2.05, 4.69) is 30.9 Å². The van der Waals surface area contributed by atoms with Crippen LogP contribution in [0.5, 0.6) is 0 Å². The minimum atomic E-state index is -3.95. The summed E-state index contributed by atoms with van der Waals surface area (Å²) in [5, 5.41) is 17.4. The molecule has 28 nitrogen and oxygen atoms in total. The molecule has 0 unspecified atom stereocenters. The second kappa shape index (κ2) is 46.3. The molecule has 10 aromatic carbocycles. The van der Waals surface area contributed by atoms with E-state index in [-0.39, 0.29) is 62.4 Å². The molecule has 0 saturated heterocycles. The van der Waals surface area contributed by atoms with Crippen molar-refractivity contribution in [1.82, 2.24) is 15.0 Å². The first-order chi connectivity index (χ1) is 62.2. The molecule has 13 rings (SSSR count). The number of nitrogens with one attached hydrogen (secondary N) is 3. The van der Waals surface area contributed by atoms with E-state index >= 15 is 0 Å². The Bertz CT molecular complexity index is 6580. The normalized spacial score (nSPS) is 11.1. The van der Waals surface area contributed by atoms with Gasteiger partial charge in [0.2, 0.25) is 17.7 Å². The molecule has 0 radical (unpaired) electrons. The van der Waals surface area contributed by atoms with Gasteiger partial charge in [-0.3, -0.25) is 50.5 Å². The molecule has 34 heteroatoms. The van der Waals surface area contributed by atoms with Gasteiger partial charge >= 0.3 is 11.9 Å². The summed E-state index contributed by atoms with van der Waals surface area (Å²) < 4.78 is 142. The van der Waals surface area contributed by atoms with E-state index in [4.69, 9.17) is 21.4 Å². The van der Waals surface area contributed by atoms with Gasteiger partial charge in [0.15, 0.2) is 0 Å². The highest BCUT2D eigenvalue weighted by Gasteiger charge is 2.34. The van der Waals surface area contributed by atoms with Gasteiger partial charge in [-0.1, -0.05) is 169 Å². The zero-order valence-corrected chi connectivity index (χ0v) is 78.5. The van der Waals surface area contributed by atoms with E-state index in [1.54, 1.807) is 196 Å². The first kappa shape index (κ1) is 101. The number of aliphatic carboxylic acids is 1. The average Bonchev–Trinajstić information content (AvgIpc) is 0.806. The fourth-order valence-electron chi connectivity index (χ4n) is 12.8. The molecular weight excluding hydrogens is 1790 g/mol. The highest BCUT2D eigenvalue weighted by molar-refractivity contribution is 7.94. The molecule has 3 amide bonds. The van der Waals surface area contributed by atoms with Gasteiger partial charge in [-0.2, -0.15) is 0 Å². The average molecular weight is 1890 g/mol. The van der Waals surface area contributed by atoms with Crippen LogP contribution in [0, 0.1) is 69.2 Å². The molecule has 4 N–H and O–H groups in total. The first-order valence-corrected chi connectivity index (χ1v) is 48.2. The van der Waals surface area contributed by atoms with E-state index in [0.717, 1.165) is 71.6 Å². The molecule has 0 aliphatic carbocycles. The highest BCUT2D eigenvalue weighted by Crippen LogP contribution is 2.35. The third-order valence-electron chi connectivity index (χ3n) is 19.4. The van der Waals surface area contributed by atoms with Crippen LogP contribution in [0.25, 0.3) is 0 Å². The predicted molar refractivity (Wildman–Crippen MR) is 512 cm³/mol. The fourth-order valence-corrected chi connectivity index (χ4v) is 20.5. The summed E-state index contributed by atoms with van der Waals surface area (Å²) >= 11 is 5.85. The van der Waals surface area contributed by atoms with Gasteiger partial charge in [-0.25, -0.2) is 52.1 Å². The lowest BCUT2D eigenvalue weighted by molar-refractivity contribution is -0.141. The molecule has 682 valence electrons. The Balaban J connectivity index is 0.000000185. The number of carboxylic acids is 1. The summed E-state index contributed by atoms with van der Waals surface area (Å²) in [5.41, 5.74) is 11.5. The number of pyridine rings is 3. The fraction of sp³-hybridized carbons (Fsp3) is 0.175. The van der Waals surface area contributed by atoms with E-state index in [1.165, 1.54) is 72.9 Å². The Hall–Kier alpha value is -14.0. The zero-order chi connectivity index (χ0) is 95.4. The minimum Gasteiger partial charge on any atom is -0.480 e. The Morgan fingerprint density at radius 1 is 0.313 bits per heavy atom. The van der Waals surface area contributed by atoms with Gasteiger partial charge in [-0.05, 0) is 259 Å². The van der Waals surface area contributed by atoms with Gasteiger partial charge in [0.05, 0.1) is 59.5 Å². The molecule has 0 aliphatic rings. The van der Waals surface area contributed by atoms with Gasteiger partial charge in [-0.15, -0.1) is 0 Å². The van der Waals surface area contributed by atoms with Crippen LogP contribution >= 0.6 is 11.6 Å². The summed E-state index contributed by atoms with van der Waals surface area (Å²) in [7, 11) is -19.6. The van der Waals surface area contributed by atoms with Gasteiger partial charge in [0.1, 0.15) is 43.7 Å². The van der Waals surface area contributed by atoms with Crippen molar-refractivity contribution in [3.63, 3.8) is 0 Å². The van der Waals surface area contributed by atoms with Crippen molar-refractivity contribution >= 4 is 137 Å². The topological polar surface area (TPSA) is 376 Å². The van der Waals surface area contributed by atoms with Crippen molar-refractivity contribution < 1.29 is 75.9 Å². The van der Waals surface area contributed by atoms with Crippen molar-refractivity contribution in [3.8, 4) is 0 Å². The number of nitrogens with zero attached hydrogens (tertiary/aromatic N) is 8. The van der Waals surface area contributed by atoms with Crippen LogP contribution in [0.2, 0.25) is 5.15 Å². The molecule has 0 aliphatic heterocycles. The van der Waals surface area contributed by atoms with Gasteiger partial charge in [0.25, 0.3) is 50.1 Å². The lowest BCUT2D eigenvalue weighted by Crippen LogP contribution is -2.38. The summed E-state index contributed by atoms with van der Waals surface area (Å²) in [6.45, 7) is 18.2. The molecule has 0 bridgehead atoms. The van der Waals surface area contributed by atoms with Gasteiger partial charge < -0.3 is 25.8 Å². The standard InChI is InChI=1S/C21H20ClN3O3S.2C21H21N3O3S.C18H21NO4S.C16H17NO4S/c1-15-8-9-16(2)19(12-15)25(29(27,28)18-6-4-3-5-7-18)14-21(26)24-17-10-11-23-20(22)13-17;1-16-11-12-17(2)19(14-16)24(28(26,27)18-8-4-3-5-9-18)15-21(25)23-20-10-6-7-13-22-20;1-16-8-9-17(2)20(14-16)24(28(26,27)19-6-4-3-5-7-19)15-21(25)23-18-10-12-22-13-11-18;1-4-23-18(20)13-19(17-12-14(2)10-11-15(17)3)24(21,22)16-8-6-5-7-9-16;1-12-8-9-13(2)15(10-12)17(11-16(18)19)22(20,21)14-6-4-3-5-7-14/h3-13H,14H2,1-2H3,(H,23,24,26);2*3-14H,15H2,1-2H3,(H,22,23,25);5-12H,4,13H2,1-3H3;3-10H,11H2,1-2H3,(H,18,19). The number of hydrogen-bond donors (Lipinski definition) is 4. The number of sulfonamides is 5. The van der Waals surface area contributed by atoms with E-state index < -0.39 is 86.3 Å². The number of carbonyl (C=O) groups is 5. The molecule has 0 fully saturated rings. The van der Waals surface area contributed by atoms with Crippen LogP contribution in [-0.4, -0.2) is 131 Å². The summed E-state index contributed by atoms with van der Waals surface area (Å²) in [5.74, 6) is -2.83. The number of esters is 1. The molecule has 131 heavy (non-hydrogen) atoms. The van der Waals surface area contributed by atoms with Crippen LogP contribution in [0.4, 0.5) is 45.6 Å². The van der Waals surface area contributed by atoms with Crippen molar-refractivity contribution in [2.75, 3.05) is 76.8 Å². The molecule has 13 aromatic rings. The number of halogens is 1. The summed E-state index contributed by atoms with van der Waals surface area (Å²) in [6.07, 6.45) is 6.12. The van der Waals surface area contributed by atoms with E-state index in [9.17, 15) is 66.1 Å². The summed E-state index contributed by atoms with van der Waals surface area (Å²) in [4.78, 5) is 73.5. The van der Waals surface area contributed by atoms with Crippen LogP contribution in [0.1, 0.15) is 62.6 Å². The Morgan fingerprint density at radius 3 is 0.870 bits per heavy atom. The minimum absolute atomic E-state index is 0.0668. The molecule has 3 aromatic heterocycles. The van der Waals surface area contributed by atoms with E-state index in [0.29, 0.717) is 51.2 Å². The monoisotopic (exact) mass is 1890 g/mol. The maximum Gasteiger partial charge on any atom is 0.326 e. The number of carboxylic acid groups (broad SMARTS) is 1. The Morgan fingerprint density at radius 2 is 0.588 bits per heavy atom. The Labute approximate surface area is 770 Å². The highest BCUT2D eigenvalue weighted by atomic mass is 35.5. The van der Waals surface area contributed by atoms with Crippen molar-refractivity contribution in [2.24, 2.45) is 0 Å². The van der Waals surface area contributed by atoms with Crippen LogP contribution < -0.4 is 37.5 Å². The van der Waals surface area contributed by atoms with Crippen LogP contribution in [0.3, 0.4) is 0 Å². The van der Waals surface area contributed by atoms with E-state index in [1.807, 2.05) is 117 Å².